The van der Waals surface area contributed by atoms with Crippen LogP contribution in [0.5, 0.6) is 0 Å². The van der Waals surface area contributed by atoms with Crippen LogP contribution in [0, 0.1) is 26.3 Å². The Labute approximate surface area is 224 Å². The van der Waals surface area contributed by atoms with Gasteiger partial charge in [-0.3, -0.25) is 19.3 Å². The van der Waals surface area contributed by atoms with Gasteiger partial charge in [0.05, 0.1) is 0 Å². The zero-order valence-corrected chi connectivity index (χ0v) is 22.5. The van der Waals surface area contributed by atoms with Crippen molar-refractivity contribution in [3.05, 3.63) is 70.8 Å². The highest BCUT2D eigenvalue weighted by Gasteiger charge is 2.37. The Morgan fingerprint density at radius 2 is 1.63 bits per heavy atom. The van der Waals surface area contributed by atoms with Crippen molar-refractivity contribution in [2.75, 3.05) is 0 Å². The number of nitrogens with one attached hydrogen (secondary N) is 2. The lowest BCUT2D eigenvalue weighted by Crippen LogP contribution is -2.51. The maximum Gasteiger partial charge on any atom is 0.408 e. The standard InChI is InChI=1S/C29H36N4O5/c1-7-33(27(36)22(16-17-23(30)34)32-28(37)38-29(4,5)6)25(24-19(2)12-11-13-20(24)3)26(35)31-18-21-14-9-8-10-15-21/h1,8-15,22,25H,16-18H2,2-6H3,(H2,30,34)(H,31,35)(H,32,37). The highest BCUT2D eigenvalue weighted by molar-refractivity contribution is 5.94. The number of carbonyl (C=O) groups excluding carboxylic acids is 4. The van der Waals surface area contributed by atoms with Gasteiger partial charge in [0, 0.05) is 19.0 Å². The zero-order valence-electron chi connectivity index (χ0n) is 22.5. The number of terminal acetylenes is 1. The van der Waals surface area contributed by atoms with Crippen molar-refractivity contribution in [3.63, 3.8) is 0 Å². The molecule has 38 heavy (non-hydrogen) atoms. The van der Waals surface area contributed by atoms with E-state index in [1.165, 1.54) is 0 Å². The number of primary amides is 1. The van der Waals surface area contributed by atoms with Crippen LogP contribution in [0.4, 0.5) is 4.79 Å². The predicted molar refractivity (Wildman–Crippen MR) is 144 cm³/mol. The molecule has 0 bridgehead atoms. The summed E-state index contributed by atoms with van der Waals surface area (Å²) in [4.78, 5) is 52.4. The molecule has 2 aromatic rings. The molecule has 0 fully saturated rings. The minimum Gasteiger partial charge on any atom is -0.444 e. The Morgan fingerprint density at radius 1 is 1.03 bits per heavy atom. The Balaban J connectivity index is 2.47. The Hall–Kier alpha value is -4.32. The number of hydrogen-bond donors (Lipinski definition) is 3. The van der Waals surface area contributed by atoms with Crippen molar-refractivity contribution in [1.29, 1.82) is 0 Å². The van der Waals surface area contributed by atoms with Crippen LogP contribution in [0.3, 0.4) is 0 Å². The summed E-state index contributed by atoms with van der Waals surface area (Å²) in [6.45, 7) is 8.89. The maximum absolute atomic E-state index is 13.8. The van der Waals surface area contributed by atoms with Crippen LogP contribution in [-0.4, -0.2) is 40.4 Å². The summed E-state index contributed by atoms with van der Waals surface area (Å²) in [5.74, 6) is -1.90. The molecule has 0 spiro atoms. The van der Waals surface area contributed by atoms with Crippen molar-refractivity contribution in [2.24, 2.45) is 5.73 Å². The van der Waals surface area contributed by atoms with E-state index in [4.69, 9.17) is 16.9 Å². The number of rotatable bonds is 10. The molecule has 2 unspecified atom stereocenters. The normalized spacial score (nSPS) is 12.4. The monoisotopic (exact) mass is 520 g/mol. The molecule has 0 aromatic heterocycles. The van der Waals surface area contributed by atoms with E-state index in [0.29, 0.717) is 5.56 Å². The van der Waals surface area contributed by atoms with Crippen LogP contribution in [0.15, 0.2) is 48.5 Å². The average molecular weight is 521 g/mol. The second-order valence-electron chi connectivity index (χ2n) is 9.95. The molecule has 0 aliphatic carbocycles. The second kappa shape index (κ2) is 13.3. The van der Waals surface area contributed by atoms with Gasteiger partial charge in [0.1, 0.15) is 17.7 Å². The molecule has 4 amide bonds. The van der Waals surface area contributed by atoms with Gasteiger partial charge in [-0.05, 0) is 63.3 Å². The highest BCUT2D eigenvalue weighted by Crippen LogP contribution is 2.28. The number of carbonyl (C=O) groups is 4. The largest absolute Gasteiger partial charge is 0.444 e. The molecule has 4 N–H and O–H groups in total. The van der Waals surface area contributed by atoms with Crippen molar-refractivity contribution in [3.8, 4) is 12.5 Å². The number of ether oxygens (including phenoxy) is 1. The average Bonchev–Trinajstić information content (AvgIpc) is 2.83. The van der Waals surface area contributed by atoms with E-state index in [1.54, 1.807) is 20.8 Å². The molecule has 2 aromatic carbocycles. The smallest absolute Gasteiger partial charge is 0.408 e. The van der Waals surface area contributed by atoms with Crippen LogP contribution in [0.1, 0.15) is 61.9 Å². The number of alkyl carbamates (subject to hydrolysis) is 1. The summed E-state index contributed by atoms with van der Waals surface area (Å²) < 4.78 is 5.29. The molecule has 0 heterocycles. The van der Waals surface area contributed by atoms with Crippen molar-refractivity contribution >= 4 is 23.8 Å². The number of nitrogens with two attached hydrogens (primary N) is 1. The molecule has 0 saturated carbocycles. The van der Waals surface area contributed by atoms with Gasteiger partial charge < -0.3 is 21.1 Å². The lowest BCUT2D eigenvalue weighted by atomic mass is 9.93. The fourth-order valence-corrected chi connectivity index (χ4v) is 3.94. The summed E-state index contributed by atoms with van der Waals surface area (Å²) in [6, 6.07) is 14.7. The molecular formula is C29H36N4O5. The van der Waals surface area contributed by atoms with E-state index in [2.05, 4.69) is 16.7 Å². The highest BCUT2D eigenvalue weighted by atomic mass is 16.6. The molecule has 2 rings (SSSR count). The molecule has 0 saturated heterocycles. The first-order valence-corrected chi connectivity index (χ1v) is 12.3. The lowest BCUT2D eigenvalue weighted by molar-refractivity contribution is -0.139. The second-order valence-corrected chi connectivity index (χ2v) is 9.95. The van der Waals surface area contributed by atoms with Crippen LogP contribution >= 0.6 is 0 Å². The SMILES string of the molecule is C#CN(C(=O)C(CCC(N)=O)NC(=O)OC(C)(C)C)C(C(=O)NCc1ccccc1)c1c(C)cccc1C. The van der Waals surface area contributed by atoms with Gasteiger partial charge in [0.15, 0.2) is 0 Å². The maximum atomic E-state index is 13.8. The lowest BCUT2D eigenvalue weighted by Gasteiger charge is -2.31. The summed E-state index contributed by atoms with van der Waals surface area (Å²) in [7, 11) is 0. The van der Waals surface area contributed by atoms with Gasteiger partial charge >= 0.3 is 6.09 Å². The van der Waals surface area contributed by atoms with E-state index in [-0.39, 0.29) is 19.4 Å². The minimum absolute atomic E-state index is 0.128. The molecule has 2 atom stereocenters. The van der Waals surface area contributed by atoms with E-state index in [0.717, 1.165) is 21.6 Å². The van der Waals surface area contributed by atoms with Crippen LogP contribution in [0.25, 0.3) is 0 Å². The molecule has 202 valence electrons. The first kappa shape index (κ1) is 29.9. The van der Waals surface area contributed by atoms with Crippen molar-refractivity contribution < 1.29 is 23.9 Å². The Kier molecular flexibility index (Phi) is 10.5. The van der Waals surface area contributed by atoms with Crippen LogP contribution < -0.4 is 16.4 Å². The summed E-state index contributed by atoms with van der Waals surface area (Å²) >= 11 is 0. The minimum atomic E-state index is -1.26. The van der Waals surface area contributed by atoms with Gasteiger partial charge in [-0.15, -0.1) is 0 Å². The fourth-order valence-electron chi connectivity index (χ4n) is 3.94. The topological polar surface area (TPSA) is 131 Å². The fraction of sp³-hybridized carbons (Fsp3) is 0.379. The summed E-state index contributed by atoms with van der Waals surface area (Å²) in [5, 5.41) is 5.36. The first-order chi connectivity index (χ1) is 17.8. The van der Waals surface area contributed by atoms with Gasteiger partial charge in [-0.2, -0.15) is 0 Å². The third-order valence-electron chi connectivity index (χ3n) is 5.68. The van der Waals surface area contributed by atoms with Crippen LogP contribution in [-0.2, 0) is 25.7 Å². The van der Waals surface area contributed by atoms with Gasteiger partial charge in [-0.1, -0.05) is 55.0 Å². The Bertz CT molecular complexity index is 1180. The van der Waals surface area contributed by atoms with Gasteiger partial charge in [0.25, 0.3) is 5.91 Å². The number of benzene rings is 2. The van der Waals surface area contributed by atoms with Gasteiger partial charge in [0.2, 0.25) is 11.8 Å². The summed E-state index contributed by atoms with van der Waals surface area (Å²) in [5.41, 5.74) is 7.42. The van der Waals surface area contributed by atoms with E-state index < -0.39 is 41.5 Å². The quantitative estimate of drug-likeness (QED) is 0.327. The molecular weight excluding hydrogens is 484 g/mol. The van der Waals surface area contributed by atoms with Gasteiger partial charge in [-0.25, -0.2) is 4.79 Å². The van der Waals surface area contributed by atoms with E-state index in [1.807, 2.05) is 62.4 Å². The Morgan fingerprint density at radius 3 is 2.16 bits per heavy atom. The molecule has 0 radical (unpaired) electrons. The number of nitrogens with zero attached hydrogens (tertiary/aromatic N) is 1. The molecule has 0 aliphatic heterocycles. The zero-order chi connectivity index (χ0) is 28.5. The van der Waals surface area contributed by atoms with E-state index in [9.17, 15) is 19.2 Å². The number of amides is 4. The molecule has 0 aliphatic rings. The number of aryl methyl sites for hydroxylation is 2. The predicted octanol–water partition coefficient (Wildman–Crippen LogP) is 3.24. The first-order valence-electron chi connectivity index (χ1n) is 12.3. The molecule has 9 nitrogen and oxygen atoms in total. The van der Waals surface area contributed by atoms with Crippen molar-refractivity contribution in [2.45, 2.75) is 71.7 Å². The number of hydrogen-bond acceptors (Lipinski definition) is 5. The molecule has 9 heteroatoms. The van der Waals surface area contributed by atoms with E-state index >= 15 is 0 Å². The van der Waals surface area contributed by atoms with Crippen LogP contribution in [0.2, 0.25) is 0 Å². The third-order valence-corrected chi connectivity index (χ3v) is 5.68. The third kappa shape index (κ3) is 8.66. The summed E-state index contributed by atoms with van der Waals surface area (Å²) in [6.07, 6.45) is 4.63. The van der Waals surface area contributed by atoms with Crippen molar-refractivity contribution in [1.82, 2.24) is 15.5 Å².